The van der Waals surface area contributed by atoms with E-state index in [0.29, 0.717) is 5.92 Å². The summed E-state index contributed by atoms with van der Waals surface area (Å²) < 4.78 is 0. The molecule has 3 nitrogen and oxygen atoms in total. The minimum Gasteiger partial charge on any atom is -0.393 e. The zero-order valence-corrected chi connectivity index (χ0v) is 13.7. The number of nitrogens with one attached hydrogen (secondary N) is 1. The molecule has 1 aromatic carbocycles. The summed E-state index contributed by atoms with van der Waals surface area (Å²) in [6.07, 6.45) is 3.18. The average Bonchev–Trinajstić information content (AvgIpc) is 2.48. The number of aliphatic hydroxyl groups is 1. The quantitative estimate of drug-likeness (QED) is 0.790. The zero-order valence-electron chi connectivity index (χ0n) is 13.7. The van der Waals surface area contributed by atoms with Crippen LogP contribution in [0.3, 0.4) is 0 Å². The first kappa shape index (κ1) is 16.3. The van der Waals surface area contributed by atoms with E-state index in [2.05, 4.69) is 42.3 Å². The van der Waals surface area contributed by atoms with Crippen molar-refractivity contribution in [3.8, 4) is 0 Å². The SMILES string of the molecule is CCCNCc1cc(C)ccc1N1CCC(C(C)O)CC1. The van der Waals surface area contributed by atoms with Crippen LogP contribution in [0.15, 0.2) is 18.2 Å². The predicted molar refractivity (Wildman–Crippen MR) is 89.8 cm³/mol. The first-order chi connectivity index (χ1) is 10.1. The number of piperidine rings is 1. The third-order valence-electron chi connectivity index (χ3n) is 4.54. The number of aryl methyl sites for hydroxylation is 1. The van der Waals surface area contributed by atoms with Gasteiger partial charge >= 0.3 is 0 Å². The van der Waals surface area contributed by atoms with Gasteiger partial charge in [-0.2, -0.15) is 0 Å². The molecule has 0 aliphatic carbocycles. The van der Waals surface area contributed by atoms with Crippen LogP contribution in [0.2, 0.25) is 0 Å². The van der Waals surface area contributed by atoms with Crippen molar-refractivity contribution in [2.24, 2.45) is 5.92 Å². The molecular weight excluding hydrogens is 260 g/mol. The Bertz CT molecular complexity index is 437. The van der Waals surface area contributed by atoms with Gasteiger partial charge in [0.25, 0.3) is 0 Å². The van der Waals surface area contributed by atoms with Crippen molar-refractivity contribution in [2.75, 3.05) is 24.5 Å². The van der Waals surface area contributed by atoms with Gasteiger partial charge in [0.15, 0.2) is 0 Å². The van der Waals surface area contributed by atoms with Gasteiger partial charge in [0.2, 0.25) is 0 Å². The normalized spacial score (nSPS) is 18.0. The molecule has 0 aromatic heterocycles. The van der Waals surface area contributed by atoms with E-state index in [1.54, 1.807) is 0 Å². The fourth-order valence-electron chi connectivity index (χ4n) is 3.19. The largest absolute Gasteiger partial charge is 0.393 e. The van der Waals surface area contributed by atoms with Crippen LogP contribution in [0, 0.1) is 12.8 Å². The summed E-state index contributed by atoms with van der Waals surface area (Å²) in [5, 5.41) is 13.3. The lowest BCUT2D eigenvalue weighted by atomic mass is 9.91. The first-order valence-electron chi connectivity index (χ1n) is 8.35. The maximum absolute atomic E-state index is 9.74. The maximum Gasteiger partial charge on any atom is 0.0541 e. The number of benzene rings is 1. The van der Waals surface area contributed by atoms with Gasteiger partial charge in [-0.25, -0.2) is 0 Å². The highest BCUT2D eigenvalue weighted by molar-refractivity contribution is 5.55. The van der Waals surface area contributed by atoms with Crippen LogP contribution in [0.25, 0.3) is 0 Å². The van der Waals surface area contributed by atoms with Crippen LogP contribution < -0.4 is 10.2 Å². The van der Waals surface area contributed by atoms with Crippen molar-refractivity contribution in [2.45, 2.75) is 52.7 Å². The van der Waals surface area contributed by atoms with Crippen molar-refractivity contribution < 1.29 is 5.11 Å². The lowest BCUT2D eigenvalue weighted by molar-refractivity contribution is 0.110. The minimum absolute atomic E-state index is 0.171. The lowest BCUT2D eigenvalue weighted by Gasteiger charge is -2.36. The van der Waals surface area contributed by atoms with Crippen molar-refractivity contribution in [1.82, 2.24) is 5.32 Å². The second kappa shape index (κ2) is 7.81. The highest BCUT2D eigenvalue weighted by Gasteiger charge is 2.23. The smallest absolute Gasteiger partial charge is 0.0541 e. The highest BCUT2D eigenvalue weighted by atomic mass is 16.3. The molecule has 1 aliphatic heterocycles. The molecule has 2 rings (SSSR count). The number of hydrogen-bond donors (Lipinski definition) is 2. The van der Waals surface area contributed by atoms with Crippen LogP contribution >= 0.6 is 0 Å². The molecule has 1 aliphatic rings. The molecule has 1 aromatic rings. The zero-order chi connectivity index (χ0) is 15.2. The van der Waals surface area contributed by atoms with E-state index in [0.717, 1.165) is 39.0 Å². The fraction of sp³-hybridized carbons (Fsp3) is 0.667. The van der Waals surface area contributed by atoms with Crippen molar-refractivity contribution in [3.63, 3.8) is 0 Å². The molecule has 2 N–H and O–H groups in total. The molecule has 0 bridgehead atoms. The van der Waals surface area contributed by atoms with Gasteiger partial charge in [0.1, 0.15) is 0 Å². The van der Waals surface area contributed by atoms with Gasteiger partial charge in [-0.1, -0.05) is 24.6 Å². The molecule has 1 unspecified atom stereocenters. The standard InChI is InChI=1S/C18H30N2O/c1-4-9-19-13-17-12-14(2)5-6-18(17)20-10-7-16(8-11-20)15(3)21/h5-6,12,15-16,19,21H,4,7-11,13H2,1-3H3. The van der Waals surface area contributed by atoms with Gasteiger partial charge in [-0.15, -0.1) is 0 Å². The Labute approximate surface area is 129 Å². The molecular formula is C18H30N2O. The molecule has 1 saturated heterocycles. The fourth-order valence-corrected chi connectivity index (χ4v) is 3.19. The number of hydrogen-bond acceptors (Lipinski definition) is 3. The summed E-state index contributed by atoms with van der Waals surface area (Å²) in [6, 6.07) is 6.78. The van der Waals surface area contributed by atoms with E-state index in [9.17, 15) is 5.11 Å². The van der Waals surface area contributed by atoms with Crippen molar-refractivity contribution in [1.29, 1.82) is 0 Å². The maximum atomic E-state index is 9.74. The third-order valence-corrected chi connectivity index (χ3v) is 4.54. The summed E-state index contributed by atoms with van der Waals surface area (Å²) in [5.41, 5.74) is 4.10. The van der Waals surface area contributed by atoms with Crippen LogP contribution in [-0.2, 0) is 6.54 Å². The van der Waals surface area contributed by atoms with E-state index < -0.39 is 0 Å². The molecule has 1 heterocycles. The molecule has 118 valence electrons. The highest BCUT2D eigenvalue weighted by Crippen LogP contribution is 2.28. The molecule has 1 fully saturated rings. The summed E-state index contributed by atoms with van der Waals surface area (Å²) in [4.78, 5) is 2.49. The number of aliphatic hydroxyl groups excluding tert-OH is 1. The Hall–Kier alpha value is -1.06. The molecule has 0 amide bonds. The number of rotatable bonds is 6. The Balaban J connectivity index is 2.05. The first-order valence-corrected chi connectivity index (χ1v) is 8.35. The topological polar surface area (TPSA) is 35.5 Å². The molecule has 0 spiro atoms. The van der Waals surface area contributed by atoms with Gasteiger partial charge in [-0.05, 0) is 57.2 Å². The Kier molecular flexibility index (Phi) is 6.07. The van der Waals surface area contributed by atoms with Crippen LogP contribution in [0.5, 0.6) is 0 Å². The van der Waals surface area contributed by atoms with E-state index in [-0.39, 0.29) is 6.10 Å². The lowest BCUT2D eigenvalue weighted by Crippen LogP contribution is -2.37. The summed E-state index contributed by atoms with van der Waals surface area (Å²) >= 11 is 0. The minimum atomic E-state index is -0.171. The molecule has 0 saturated carbocycles. The average molecular weight is 290 g/mol. The summed E-state index contributed by atoms with van der Waals surface area (Å²) in [6.45, 7) is 10.4. The van der Waals surface area contributed by atoms with Crippen LogP contribution in [-0.4, -0.2) is 30.8 Å². The van der Waals surface area contributed by atoms with E-state index in [1.807, 2.05) is 6.92 Å². The Morgan fingerprint density at radius 3 is 2.67 bits per heavy atom. The Morgan fingerprint density at radius 2 is 2.05 bits per heavy atom. The van der Waals surface area contributed by atoms with E-state index >= 15 is 0 Å². The second-order valence-corrected chi connectivity index (χ2v) is 6.37. The predicted octanol–water partition coefficient (Wildman–Crippen LogP) is 3.09. The molecule has 3 heteroatoms. The van der Waals surface area contributed by atoms with Crippen LogP contribution in [0.4, 0.5) is 5.69 Å². The molecule has 0 radical (unpaired) electrons. The second-order valence-electron chi connectivity index (χ2n) is 6.37. The Morgan fingerprint density at radius 1 is 1.33 bits per heavy atom. The van der Waals surface area contributed by atoms with Gasteiger partial charge in [-0.3, -0.25) is 0 Å². The molecule has 21 heavy (non-hydrogen) atoms. The van der Waals surface area contributed by atoms with E-state index in [1.165, 1.54) is 23.2 Å². The summed E-state index contributed by atoms with van der Waals surface area (Å²) in [5.74, 6) is 0.466. The van der Waals surface area contributed by atoms with Gasteiger partial charge < -0.3 is 15.3 Å². The number of nitrogens with zero attached hydrogens (tertiary/aromatic N) is 1. The van der Waals surface area contributed by atoms with Crippen molar-refractivity contribution >= 4 is 5.69 Å². The van der Waals surface area contributed by atoms with Crippen LogP contribution in [0.1, 0.15) is 44.2 Å². The number of anilines is 1. The van der Waals surface area contributed by atoms with Gasteiger partial charge in [0, 0.05) is 25.3 Å². The van der Waals surface area contributed by atoms with Gasteiger partial charge in [0.05, 0.1) is 6.10 Å². The van der Waals surface area contributed by atoms with Crippen molar-refractivity contribution in [3.05, 3.63) is 29.3 Å². The molecule has 1 atom stereocenters. The third kappa shape index (κ3) is 4.45. The monoisotopic (exact) mass is 290 g/mol. The summed E-state index contributed by atoms with van der Waals surface area (Å²) in [7, 11) is 0. The van der Waals surface area contributed by atoms with E-state index in [4.69, 9.17) is 0 Å².